The van der Waals surface area contributed by atoms with E-state index in [0.29, 0.717) is 5.69 Å². The van der Waals surface area contributed by atoms with Gasteiger partial charge in [0.2, 0.25) is 5.91 Å². The molecule has 0 radical (unpaired) electrons. The minimum atomic E-state index is -1.35. The van der Waals surface area contributed by atoms with E-state index in [1.165, 1.54) is 6.07 Å². The summed E-state index contributed by atoms with van der Waals surface area (Å²) in [7, 11) is 0. The molecule has 7 nitrogen and oxygen atoms in total. The van der Waals surface area contributed by atoms with Gasteiger partial charge in [0.25, 0.3) is 5.91 Å². The van der Waals surface area contributed by atoms with Crippen LogP contribution in [0.1, 0.15) is 16.8 Å². The van der Waals surface area contributed by atoms with Gasteiger partial charge < -0.3 is 15.5 Å². The number of para-hydroxylation sites is 1. The van der Waals surface area contributed by atoms with Crippen LogP contribution in [0.4, 0.5) is 11.4 Å². The highest BCUT2D eigenvalue weighted by molar-refractivity contribution is 9.10. The molecule has 0 aliphatic carbocycles. The standard InChI is InChI=1S/C17H13BrN2O5/c18-11-3-1-2-4-12(11)19-13-8-15(22)20(16(13)23)9-5-6-14(21)10(7-9)17(24)25/h1-7,13,19,21H,8H2,(H,24,25). The first kappa shape index (κ1) is 17.0. The van der Waals surface area contributed by atoms with Crippen LogP contribution in [0.3, 0.4) is 0 Å². The normalized spacial score (nSPS) is 17.0. The van der Waals surface area contributed by atoms with Crippen LogP contribution in [0.2, 0.25) is 0 Å². The van der Waals surface area contributed by atoms with Crippen molar-refractivity contribution in [3.63, 3.8) is 0 Å². The summed E-state index contributed by atoms with van der Waals surface area (Å²) in [6.45, 7) is 0. The van der Waals surface area contributed by atoms with E-state index in [-0.39, 0.29) is 17.7 Å². The molecule has 2 amide bonds. The summed E-state index contributed by atoms with van der Waals surface area (Å²) in [5, 5.41) is 21.7. The van der Waals surface area contributed by atoms with Crippen molar-refractivity contribution in [3.8, 4) is 5.75 Å². The lowest BCUT2D eigenvalue weighted by atomic mass is 10.1. The average molecular weight is 405 g/mol. The number of anilines is 2. The molecule has 0 spiro atoms. The minimum absolute atomic E-state index is 0.0521. The predicted octanol–water partition coefficient (Wildman–Crippen LogP) is 2.60. The number of imide groups is 1. The third kappa shape index (κ3) is 3.20. The lowest BCUT2D eigenvalue weighted by Crippen LogP contribution is -2.35. The fourth-order valence-electron chi connectivity index (χ4n) is 2.62. The quantitative estimate of drug-likeness (QED) is 0.676. The Morgan fingerprint density at radius 3 is 2.60 bits per heavy atom. The molecule has 1 atom stereocenters. The summed E-state index contributed by atoms with van der Waals surface area (Å²) in [5.74, 6) is -2.71. The van der Waals surface area contributed by atoms with Gasteiger partial charge >= 0.3 is 5.97 Å². The summed E-state index contributed by atoms with van der Waals surface area (Å²) in [6, 6.07) is 10.0. The zero-order valence-corrected chi connectivity index (χ0v) is 14.4. The number of phenols is 1. The summed E-state index contributed by atoms with van der Waals surface area (Å²) in [4.78, 5) is 37.0. The monoisotopic (exact) mass is 404 g/mol. The third-order valence-corrected chi connectivity index (χ3v) is 4.51. The van der Waals surface area contributed by atoms with E-state index in [0.717, 1.165) is 21.5 Å². The highest BCUT2D eigenvalue weighted by Gasteiger charge is 2.40. The molecule has 0 bridgehead atoms. The summed E-state index contributed by atoms with van der Waals surface area (Å²) in [6.07, 6.45) is -0.0521. The maximum atomic E-state index is 12.6. The third-order valence-electron chi connectivity index (χ3n) is 3.82. The number of aromatic carboxylic acids is 1. The largest absolute Gasteiger partial charge is 0.507 e. The lowest BCUT2D eigenvalue weighted by molar-refractivity contribution is -0.121. The van der Waals surface area contributed by atoms with Crippen molar-refractivity contribution in [2.75, 3.05) is 10.2 Å². The van der Waals surface area contributed by atoms with Crippen LogP contribution in [0, 0.1) is 0 Å². The molecule has 8 heteroatoms. The Kier molecular flexibility index (Phi) is 4.45. The van der Waals surface area contributed by atoms with Gasteiger partial charge in [0.05, 0.1) is 12.1 Å². The van der Waals surface area contributed by atoms with Gasteiger partial charge in [-0.15, -0.1) is 0 Å². The number of halogens is 1. The fourth-order valence-corrected chi connectivity index (χ4v) is 3.02. The Morgan fingerprint density at radius 2 is 1.92 bits per heavy atom. The Balaban J connectivity index is 1.88. The molecule has 0 aromatic heterocycles. The number of carbonyl (C=O) groups is 3. The highest BCUT2D eigenvalue weighted by atomic mass is 79.9. The van der Waals surface area contributed by atoms with Gasteiger partial charge in [-0.3, -0.25) is 9.59 Å². The molecule has 1 unspecified atom stereocenters. The molecule has 3 rings (SSSR count). The van der Waals surface area contributed by atoms with E-state index in [9.17, 15) is 19.5 Å². The van der Waals surface area contributed by atoms with Crippen molar-refractivity contribution in [3.05, 3.63) is 52.5 Å². The molecular formula is C17H13BrN2O5. The molecule has 1 heterocycles. The number of hydrogen-bond acceptors (Lipinski definition) is 5. The zero-order chi connectivity index (χ0) is 18.1. The summed E-state index contributed by atoms with van der Waals surface area (Å²) in [5.41, 5.74) is 0.411. The number of nitrogens with zero attached hydrogens (tertiary/aromatic N) is 1. The van der Waals surface area contributed by atoms with Gasteiger partial charge in [-0.2, -0.15) is 0 Å². The molecule has 1 aliphatic heterocycles. The van der Waals surface area contributed by atoms with E-state index in [1.807, 2.05) is 6.07 Å². The number of amides is 2. The van der Waals surface area contributed by atoms with Gasteiger partial charge in [-0.25, -0.2) is 9.69 Å². The second-order valence-electron chi connectivity index (χ2n) is 5.45. The van der Waals surface area contributed by atoms with Crippen molar-refractivity contribution < 1.29 is 24.6 Å². The fraction of sp³-hybridized carbons (Fsp3) is 0.118. The number of aromatic hydroxyl groups is 1. The Labute approximate surface area is 151 Å². The summed E-state index contributed by atoms with van der Waals surface area (Å²) >= 11 is 3.37. The average Bonchev–Trinajstić information content (AvgIpc) is 2.84. The second-order valence-corrected chi connectivity index (χ2v) is 6.31. The van der Waals surface area contributed by atoms with E-state index in [4.69, 9.17) is 5.11 Å². The van der Waals surface area contributed by atoms with Gasteiger partial charge in [-0.05, 0) is 46.3 Å². The topological polar surface area (TPSA) is 107 Å². The zero-order valence-electron chi connectivity index (χ0n) is 12.8. The van der Waals surface area contributed by atoms with E-state index < -0.39 is 29.6 Å². The van der Waals surface area contributed by atoms with Crippen molar-refractivity contribution in [1.82, 2.24) is 0 Å². The Morgan fingerprint density at radius 1 is 1.20 bits per heavy atom. The lowest BCUT2D eigenvalue weighted by Gasteiger charge is -2.17. The molecule has 2 aromatic carbocycles. The van der Waals surface area contributed by atoms with Crippen LogP contribution in [0.15, 0.2) is 46.9 Å². The SMILES string of the molecule is O=C(O)c1cc(N2C(=O)CC(Nc3ccccc3Br)C2=O)ccc1O. The first-order valence-corrected chi connectivity index (χ1v) is 8.12. The highest BCUT2D eigenvalue weighted by Crippen LogP contribution is 2.30. The van der Waals surface area contributed by atoms with Gasteiger partial charge in [-0.1, -0.05) is 12.1 Å². The smallest absolute Gasteiger partial charge is 0.339 e. The van der Waals surface area contributed by atoms with E-state index in [1.54, 1.807) is 18.2 Å². The first-order chi connectivity index (χ1) is 11.9. The molecule has 1 aliphatic rings. The van der Waals surface area contributed by atoms with Crippen molar-refractivity contribution in [2.45, 2.75) is 12.5 Å². The second kappa shape index (κ2) is 6.56. The van der Waals surface area contributed by atoms with Gasteiger partial charge in [0.15, 0.2) is 0 Å². The Bertz CT molecular complexity index is 883. The van der Waals surface area contributed by atoms with Gasteiger partial charge in [0, 0.05) is 10.2 Å². The van der Waals surface area contributed by atoms with Crippen molar-refractivity contribution >= 4 is 45.1 Å². The van der Waals surface area contributed by atoms with Crippen LogP contribution in [-0.2, 0) is 9.59 Å². The van der Waals surface area contributed by atoms with Gasteiger partial charge in [0.1, 0.15) is 17.4 Å². The molecular weight excluding hydrogens is 392 g/mol. The number of carboxylic acids is 1. The molecule has 128 valence electrons. The van der Waals surface area contributed by atoms with Crippen LogP contribution in [0.25, 0.3) is 0 Å². The van der Waals surface area contributed by atoms with E-state index >= 15 is 0 Å². The molecule has 0 saturated carbocycles. The molecule has 2 aromatic rings. The number of carbonyl (C=O) groups excluding carboxylic acids is 2. The van der Waals surface area contributed by atoms with Crippen molar-refractivity contribution in [1.29, 1.82) is 0 Å². The maximum Gasteiger partial charge on any atom is 0.339 e. The number of nitrogens with one attached hydrogen (secondary N) is 1. The van der Waals surface area contributed by atoms with Crippen molar-refractivity contribution in [2.24, 2.45) is 0 Å². The maximum absolute atomic E-state index is 12.6. The van der Waals surface area contributed by atoms with E-state index in [2.05, 4.69) is 21.2 Å². The van der Waals surface area contributed by atoms with Crippen LogP contribution in [0.5, 0.6) is 5.75 Å². The molecule has 1 fully saturated rings. The predicted molar refractivity (Wildman–Crippen MR) is 93.7 cm³/mol. The van der Waals surface area contributed by atoms with Crippen LogP contribution < -0.4 is 10.2 Å². The minimum Gasteiger partial charge on any atom is -0.507 e. The molecule has 3 N–H and O–H groups in total. The number of rotatable bonds is 4. The van der Waals surface area contributed by atoms with Crippen LogP contribution >= 0.6 is 15.9 Å². The summed E-state index contributed by atoms with van der Waals surface area (Å²) < 4.78 is 0.756. The number of carboxylic acid groups (broad SMARTS) is 1. The molecule has 1 saturated heterocycles. The molecule has 25 heavy (non-hydrogen) atoms. The number of hydrogen-bond donors (Lipinski definition) is 3. The van der Waals surface area contributed by atoms with Crippen LogP contribution in [-0.4, -0.2) is 34.0 Å². The number of benzene rings is 2. The first-order valence-electron chi connectivity index (χ1n) is 7.32. The Hall–Kier alpha value is -2.87.